The zero-order valence-electron chi connectivity index (χ0n) is 13.5. The van der Waals surface area contributed by atoms with Crippen LogP contribution in [0.3, 0.4) is 0 Å². The van der Waals surface area contributed by atoms with Crippen LogP contribution >= 0.6 is 0 Å². The Morgan fingerprint density at radius 1 is 1.08 bits per heavy atom. The topological polar surface area (TPSA) is 53.9 Å². The van der Waals surface area contributed by atoms with Crippen molar-refractivity contribution in [3.8, 4) is 0 Å². The summed E-state index contributed by atoms with van der Waals surface area (Å²) < 4.78 is 5.35. The monoisotopic (exact) mass is 323 g/mol. The molecule has 1 fully saturated rings. The van der Waals surface area contributed by atoms with Crippen LogP contribution in [0.15, 0.2) is 59.7 Å². The number of rotatable bonds is 5. The van der Waals surface area contributed by atoms with Crippen LogP contribution in [0.25, 0.3) is 0 Å². The molecule has 1 saturated heterocycles. The second-order valence-electron chi connectivity index (χ2n) is 5.70. The molecule has 1 heterocycles. The molecule has 2 aromatic carbocycles. The Balaban J connectivity index is 1.52. The van der Waals surface area contributed by atoms with Gasteiger partial charge < -0.3 is 4.74 Å². The number of hydrazone groups is 1. The van der Waals surface area contributed by atoms with Gasteiger partial charge in [-0.2, -0.15) is 5.10 Å². The molecule has 0 saturated carbocycles. The van der Waals surface area contributed by atoms with Gasteiger partial charge in [-0.1, -0.05) is 42.5 Å². The van der Waals surface area contributed by atoms with E-state index in [-0.39, 0.29) is 5.91 Å². The smallest absolute Gasteiger partial charge is 0.271 e. The molecule has 3 rings (SSSR count). The Morgan fingerprint density at radius 2 is 1.79 bits per heavy atom. The Kier molecular flexibility index (Phi) is 5.71. The molecule has 5 nitrogen and oxygen atoms in total. The normalized spacial score (nSPS) is 15.5. The maximum atomic E-state index is 12.1. The van der Waals surface area contributed by atoms with E-state index < -0.39 is 0 Å². The van der Waals surface area contributed by atoms with E-state index in [1.807, 2.05) is 54.6 Å². The molecule has 0 aromatic heterocycles. The lowest BCUT2D eigenvalue weighted by Crippen LogP contribution is -2.35. The van der Waals surface area contributed by atoms with Gasteiger partial charge in [0.2, 0.25) is 0 Å². The fourth-order valence-corrected chi connectivity index (χ4v) is 2.55. The van der Waals surface area contributed by atoms with E-state index in [0.717, 1.165) is 38.4 Å². The van der Waals surface area contributed by atoms with E-state index in [4.69, 9.17) is 4.74 Å². The van der Waals surface area contributed by atoms with Crippen LogP contribution in [0.2, 0.25) is 0 Å². The van der Waals surface area contributed by atoms with Crippen LogP contribution < -0.4 is 5.43 Å². The first kappa shape index (κ1) is 16.4. The van der Waals surface area contributed by atoms with Gasteiger partial charge in [-0.3, -0.25) is 9.69 Å². The molecule has 1 amide bonds. The predicted molar refractivity (Wildman–Crippen MR) is 94.0 cm³/mol. The quantitative estimate of drug-likeness (QED) is 0.678. The SMILES string of the molecule is O=C(N/N=C\c1ccccc1)c1ccc(CN2CCOCC2)cc1. The first-order valence-electron chi connectivity index (χ1n) is 8.09. The first-order chi connectivity index (χ1) is 11.8. The van der Waals surface area contributed by atoms with Gasteiger partial charge in [-0.15, -0.1) is 0 Å². The molecule has 1 N–H and O–H groups in total. The van der Waals surface area contributed by atoms with E-state index in [2.05, 4.69) is 15.4 Å². The van der Waals surface area contributed by atoms with Crippen molar-refractivity contribution in [3.63, 3.8) is 0 Å². The fraction of sp³-hybridized carbons (Fsp3) is 0.263. The average molecular weight is 323 g/mol. The zero-order chi connectivity index (χ0) is 16.6. The van der Waals surface area contributed by atoms with Gasteiger partial charge >= 0.3 is 0 Å². The van der Waals surface area contributed by atoms with Gasteiger partial charge in [0, 0.05) is 25.2 Å². The first-order valence-corrected chi connectivity index (χ1v) is 8.09. The van der Waals surface area contributed by atoms with Gasteiger partial charge in [0.05, 0.1) is 19.4 Å². The van der Waals surface area contributed by atoms with Crippen molar-refractivity contribution in [1.29, 1.82) is 0 Å². The largest absolute Gasteiger partial charge is 0.379 e. The summed E-state index contributed by atoms with van der Waals surface area (Å²) in [6.07, 6.45) is 1.63. The standard InChI is InChI=1S/C19H21N3O2/c23-19(21-20-14-16-4-2-1-3-5-16)18-8-6-17(7-9-18)15-22-10-12-24-13-11-22/h1-9,14H,10-13,15H2,(H,21,23)/b20-14-. The molecule has 24 heavy (non-hydrogen) atoms. The summed E-state index contributed by atoms with van der Waals surface area (Å²) >= 11 is 0. The highest BCUT2D eigenvalue weighted by molar-refractivity contribution is 5.94. The number of nitrogens with one attached hydrogen (secondary N) is 1. The van der Waals surface area contributed by atoms with Gasteiger partial charge in [-0.25, -0.2) is 5.43 Å². The second-order valence-corrected chi connectivity index (χ2v) is 5.70. The summed E-state index contributed by atoms with van der Waals surface area (Å²) in [4.78, 5) is 14.4. The van der Waals surface area contributed by atoms with Crippen molar-refractivity contribution in [3.05, 3.63) is 71.3 Å². The van der Waals surface area contributed by atoms with Crippen molar-refractivity contribution in [2.24, 2.45) is 5.10 Å². The molecule has 0 atom stereocenters. The molecule has 2 aromatic rings. The maximum absolute atomic E-state index is 12.1. The number of amides is 1. The minimum atomic E-state index is -0.208. The molecule has 0 unspecified atom stereocenters. The molecule has 0 aliphatic carbocycles. The van der Waals surface area contributed by atoms with E-state index in [9.17, 15) is 4.79 Å². The summed E-state index contributed by atoms with van der Waals surface area (Å²) in [6.45, 7) is 4.38. The lowest BCUT2D eigenvalue weighted by atomic mass is 10.1. The number of carbonyl (C=O) groups is 1. The number of carbonyl (C=O) groups excluding carboxylic acids is 1. The third-order valence-electron chi connectivity index (χ3n) is 3.91. The molecule has 0 radical (unpaired) electrons. The highest BCUT2D eigenvalue weighted by atomic mass is 16.5. The Bertz CT molecular complexity index is 678. The van der Waals surface area contributed by atoms with Crippen LogP contribution in [-0.2, 0) is 11.3 Å². The zero-order valence-corrected chi connectivity index (χ0v) is 13.5. The van der Waals surface area contributed by atoms with Crippen molar-refractivity contribution in [1.82, 2.24) is 10.3 Å². The highest BCUT2D eigenvalue weighted by Gasteiger charge is 2.11. The summed E-state index contributed by atoms with van der Waals surface area (Å²) in [6, 6.07) is 17.3. The van der Waals surface area contributed by atoms with Gasteiger partial charge in [0.15, 0.2) is 0 Å². The molecule has 124 valence electrons. The fourth-order valence-electron chi connectivity index (χ4n) is 2.55. The van der Waals surface area contributed by atoms with Crippen molar-refractivity contribution < 1.29 is 9.53 Å². The van der Waals surface area contributed by atoms with E-state index in [0.29, 0.717) is 5.56 Å². The van der Waals surface area contributed by atoms with Gasteiger partial charge in [-0.05, 0) is 23.3 Å². The van der Waals surface area contributed by atoms with Crippen molar-refractivity contribution in [2.75, 3.05) is 26.3 Å². The summed E-state index contributed by atoms with van der Waals surface area (Å²) in [5.74, 6) is -0.208. The van der Waals surface area contributed by atoms with Crippen LogP contribution in [0.5, 0.6) is 0 Å². The number of hydrogen-bond acceptors (Lipinski definition) is 4. The van der Waals surface area contributed by atoms with E-state index >= 15 is 0 Å². The van der Waals surface area contributed by atoms with Gasteiger partial charge in [0.25, 0.3) is 5.91 Å². The maximum Gasteiger partial charge on any atom is 0.271 e. The van der Waals surface area contributed by atoms with Crippen molar-refractivity contribution >= 4 is 12.1 Å². The number of hydrogen-bond donors (Lipinski definition) is 1. The molecule has 0 bridgehead atoms. The van der Waals surface area contributed by atoms with Crippen LogP contribution in [0.1, 0.15) is 21.5 Å². The Morgan fingerprint density at radius 3 is 2.50 bits per heavy atom. The summed E-state index contributed by atoms with van der Waals surface area (Å²) in [5.41, 5.74) is 5.29. The lowest BCUT2D eigenvalue weighted by molar-refractivity contribution is 0.0342. The third kappa shape index (κ3) is 4.75. The predicted octanol–water partition coefficient (Wildman–Crippen LogP) is 2.28. The Labute approximate surface area is 141 Å². The molecular weight excluding hydrogens is 302 g/mol. The molecule has 5 heteroatoms. The second kappa shape index (κ2) is 8.38. The Hall–Kier alpha value is -2.50. The number of benzene rings is 2. The minimum Gasteiger partial charge on any atom is -0.379 e. The van der Waals surface area contributed by atoms with Crippen molar-refractivity contribution in [2.45, 2.75) is 6.54 Å². The average Bonchev–Trinajstić information content (AvgIpc) is 2.64. The summed E-state index contributed by atoms with van der Waals surface area (Å²) in [7, 11) is 0. The number of morpholine rings is 1. The highest BCUT2D eigenvalue weighted by Crippen LogP contribution is 2.09. The van der Waals surface area contributed by atoms with Gasteiger partial charge in [0.1, 0.15) is 0 Å². The van der Waals surface area contributed by atoms with E-state index in [1.54, 1.807) is 6.21 Å². The molecular formula is C19H21N3O2. The molecule has 1 aliphatic rings. The molecule has 1 aliphatic heterocycles. The van der Waals surface area contributed by atoms with Crippen LogP contribution in [0.4, 0.5) is 0 Å². The van der Waals surface area contributed by atoms with Crippen LogP contribution in [-0.4, -0.2) is 43.3 Å². The van der Waals surface area contributed by atoms with Crippen LogP contribution in [0, 0.1) is 0 Å². The minimum absolute atomic E-state index is 0.208. The number of nitrogens with zero attached hydrogens (tertiary/aromatic N) is 2. The van der Waals surface area contributed by atoms with E-state index in [1.165, 1.54) is 5.56 Å². The third-order valence-corrected chi connectivity index (χ3v) is 3.91. The molecule has 0 spiro atoms. The summed E-state index contributed by atoms with van der Waals surface area (Å²) in [5, 5.41) is 3.99. The lowest BCUT2D eigenvalue weighted by Gasteiger charge is -2.26. The number of ether oxygens (including phenoxy) is 1.